The second-order valence-corrected chi connectivity index (χ2v) is 3.35. The van der Waals surface area contributed by atoms with Crippen molar-refractivity contribution in [1.82, 2.24) is 0 Å². The van der Waals surface area contributed by atoms with Crippen LogP contribution in [0.4, 0.5) is 0 Å². The Morgan fingerprint density at radius 1 is 1.46 bits per heavy atom. The molecule has 3 heteroatoms. The van der Waals surface area contributed by atoms with Gasteiger partial charge < -0.3 is 5.11 Å². The maximum atomic E-state index is 10.4. The molecule has 0 aliphatic carbocycles. The molecule has 1 aromatic rings. The maximum Gasteiger partial charge on any atom is 0.370 e. The SMILES string of the molecule is CC(C)c1cc[n+](CC(=O)O)cc1. The lowest BCUT2D eigenvalue weighted by Crippen LogP contribution is -2.36. The van der Waals surface area contributed by atoms with E-state index in [0.29, 0.717) is 5.92 Å². The fraction of sp³-hybridized carbons (Fsp3) is 0.400. The molecule has 0 bridgehead atoms. The van der Waals surface area contributed by atoms with E-state index in [0.717, 1.165) is 0 Å². The van der Waals surface area contributed by atoms with E-state index >= 15 is 0 Å². The van der Waals surface area contributed by atoms with Crippen LogP contribution in [0.25, 0.3) is 0 Å². The van der Waals surface area contributed by atoms with Crippen molar-refractivity contribution in [2.45, 2.75) is 26.3 Å². The number of rotatable bonds is 3. The van der Waals surface area contributed by atoms with Gasteiger partial charge in [0.1, 0.15) is 0 Å². The zero-order chi connectivity index (χ0) is 9.84. The molecule has 0 unspecified atom stereocenters. The summed E-state index contributed by atoms with van der Waals surface area (Å²) >= 11 is 0. The van der Waals surface area contributed by atoms with Gasteiger partial charge in [-0.1, -0.05) is 13.8 Å². The Kier molecular flexibility index (Phi) is 3.01. The first-order valence-electron chi connectivity index (χ1n) is 4.30. The third-order valence-electron chi connectivity index (χ3n) is 1.90. The molecule has 70 valence electrons. The van der Waals surface area contributed by atoms with E-state index in [2.05, 4.69) is 13.8 Å². The van der Waals surface area contributed by atoms with Crippen LogP contribution in [0.2, 0.25) is 0 Å². The van der Waals surface area contributed by atoms with Crippen LogP contribution in [0, 0.1) is 0 Å². The molecular weight excluding hydrogens is 166 g/mol. The predicted molar refractivity (Wildman–Crippen MR) is 48.4 cm³/mol. The Bertz CT molecular complexity index is 290. The van der Waals surface area contributed by atoms with E-state index in [4.69, 9.17) is 5.11 Å². The number of nitrogens with zero attached hydrogens (tertiary/aromatic N) is 1. The van der Waals surface area contributed by atoms with Crippen molar-refractivity contribution < 1.29 is 14.5 Å². The lowest BCUT2D eigenvalue weighted by Gasteiger charge is -2.02. The van der Waals surface area contributed by atoms with E-state index in [9.17, 15) is 4.79 Å². The molecule has 0 aromatic carbocycles. The van der Waals surface area contributed by atoms with Crippen LogP contribution < -0.4 is 4.57 Å². The maximum absolute atomic E-state index is 10.4. The molecule has 1 rings (SSSR count). The number of pyridine rings is 1. The summed E-state index contributed by atoms with van der Waals surface area (Å²) < 4.78 is 1.65. The molecule has 0 aliphatic heterocycles. The second kappa shape index (κ2) is 4.03. The minimum atomic E-state index is -0.817. The fourth-order valence-corrected chi connectivity index (χ4v) is 1.12. The molecule has 1 aromatic heterocycles. The number of carboxylic acids is 1. The standard InChI is InChI=1S/C10H13NO2/c1-8(2)9-3-5-11(6-4-9)7-10(12)13/h3-6,8H,7H2,1-2H3/p+1. The average molecular weight is 180 g/mol. The molecule has 0 amide bonds. The predicted octanol–water partition coefficient (Wildman–Crippen LogP) is 1.18. The molecule has 0 fully saturated rings. The molecular formula is C10H14NO2+. The van der Waals surface area contributed by atoms with Crippen molar-refractivity contribution in [2.75, 3.05) is 0 Å². The van der Waals surface area contributed by atoms with E-state index in [1.165, 1.54) is 5.56 Å². The third kappa shape index (κ3) is 2.86. The number of hydrogen-bond acceptors (Lipinski definition) is 1. The summed E-state index contributed by atoms with van der Waals surface area (Å²) in [7, 11) is 0. The molecule has 0 atom stereocenters. The Balaban J connectivity index is 2.75. The Hall–Kier alpha value is -1.38. The van der Waals surface area contributed by atoms with Gasteiger partial charge in [-0.05, 0) is 11.5 Å². The van der Waals surface area contributed by atoms with Gasteiger partial charge in [0, 0.05) is 12.1 Å². The Labute approximate surface area is 77.6 Å². The van der Waals surface area contributed by atoms with Gasteiger partial charge in [-0.3, -0.25) is 0 Å². The molecule has 0 saturated carbocycles. The molecule has 1 N–H and O–H groups in total. The topological polar surface area (TPSA) is 41.2 Å². The quantitative estimate of drug-likeness (QED) is 0.710. The van der Waals surface area contributed by atoms with Crippen LogP contribution in [-0.2, 0) is 11.3 Å². The zero-order valence-electron chi connectivity index (χ0n) is 7.90. The lowest BCUT2D eigenvalue weighted by molar-refractivity contribution is -0.685. The summed E-state index contributed by atoms with van der Waals surface area (Å²) in [5.74, 6) is -0.332. The third-order valence-corrected chi connectivity index (χ3v) is 1.90. The second-order valence-electron chi connectivity index (χ2n) is 3.35. The van der Waals surface area contributed by atoms with Crippen molar-refractivity contribution in [3.8, 4) is 0 Å². The minimum Gasteiger partial charge on any atom is -0.477 e. The molecule has 0 radical (unpaired) electrons. The number of carboxylic acid groups (broad SMARTS) is 1. The van der Waals surface area contributed by atoms with Crippen molar-refractivity contribution >= 4 is 5.97 Å². The smallest absolute Gasteiger partial charge is 0.370 e. The number of aromatic nitrogens is 1. The van der Waals surface area contributed by atoms with Gasteiger partial charge in [0.05, 0.1) is 0 Å². The van der Waals surface area contributed by atoms with Crippen LogP contribution >= 0.6 is 0 Å². The van der Waals surface area contributed by atoms with Gasteiger partial charge in [0.2, 0.25) is 6.54 Å². The Morgan fingerprint density at radius 3 is 2.38 bits per heavy atom. The molecule has 0 spiro atoms. The molecule has 0 saturated heterocycles. The highest BCUT2D eigenvalue weighted by Crippen LogP contribution is 2.10. The van der Waals surface area contributed by atoms with Gasteiger partial charge in [-0.25, -0.2) is 4.79 Å². The van der Waals surface area contributed by atoms with E-state index < -0.39 is 5.97 Å². The van der Waals surface area contributed by atoms with Crippen LogP contribution in [0.3, 0.4) is 0 Å². The summed E-state index contributed by atoms with van der Waals surface area (Å²) in [6.45, 7) is 4.24. The summed E-state index contributed by atoms with van der Waals surface area (Å²) in [6.07, 6.45) is 3.59. The van der Waals surface area contributed by atoms with Gasteiger partial charge in [-0.2, -0.15) is 4.57 Å². The summed E-state index contributed by atoms with van der Waals surface area (Å²) in [5, 5.41) is 8.52. The first-order valence-corrected chi connectivity index (χ1v) is 4.30. The van der Waals surface area contributed by atoms with E-state index in [1.54, 1.807) is 17.0 Å². The number of carbonyl (C=O) groups is 1. The van der Waals surface area contributed by atoms with E-state index in [-0.39, 0.29) is 6.54 Å². The normalized spacial score (nSPS) is 10.4. The monoisotopic (exact) mass is 180 g/mol. The number of hydrogen-bond donors (Lipinski definition) is 1. The van der Waals surface area contributed by atoms with Gasteiger partial charge in [0.15, 0.2) is 12.4 Å². The first-order chi connectivity index (χ1) is 6.09. The van der Waals surface area contributed by atoms with Crippen LogP contribution in [0.1, 0.15) is 25.3 Å². The van der Waals surface area contributed by atoms with E-state index in [1.807, 2.05) is 12.1 Å². The largest absolute Gasteiger partial charge is 0.477 e. The minimum absolute atomic E-state index is 0.0262. The summed E-state index contributed by atoms with van der Waals surface area (Å²) in [4.78, 5) is 10.4. The molecule has 13 heavy (non-hydrogen) atoms. The molecule has 0 aliphatic rings. The molecule has 1 heterocycles. The van der Waals surface area contributed by atoms with Crippen molar-refractivity contribution in [1.29, 1.82) is 0 Å². The van der Waals surface area contributed by atoms with Crippen LogP contribution in [0.15, 0.2) is 24.5 Å². The van der Waals surface area contributed by atoms with Gasteiger partial charge in [-0.15, -0.1) is 0 Å². The summed E-state index contributed by atoms with van der Waals surface area (Å²) in [6, 6.07) is 3.90. The highest BCUT2D eigenvalue weighted by molar-refractivity contribution is 5.64. The average Bonchev–Trinajstić information content (AvgIpc) is 2.04. The van der Waals surface area contributed by atoms with Gasteiger partial charge in [0.25, 0.3) is 0 Å². The summed E-state index contributed by atoms with van der Waals surface area (Å²) in [5.41, 5.74) is 1.22. The highest BCUT2D eigenvalue weighted by atomic mass is 16.4. The fourth-order valence-electron chi connectivity index (χ4n) is 1.12. The van der Waals surface area contributed by atoms with Crippen molar-refractivity contribution in [2.24, 2.45) is 0 Å². The van der Waals surface area contributed by atoms with Crippen molar-refractivity contribution in [3.63, 3.8) is 0 Å². The highest BCUT2D eigenvalue weighted by Gasteiger charge is 2.07. The zero-order valence-corrected chi connectivity index (χ0v) is 7.90. The molecule has 3 nitrogen and oxygen atoms in total. The lowest BCUT2D eigenvalue weighted by atomic mass is 10.1. The van der Waals surface area contributed by atoms with Crippen LogP contribution in [-0.4, -0.2) is 11.1 Å². The Morgan fingerprint density at radius 2 is 2.00 bits per heavy atom. The first kappa shape index (κ1) is 9.71. The van der Waals surface area contributed by atoms with Crippen LogP contribution in [0.5, 0.6) is 0 Å². The number of aliphatic carboxylic acids is 1. The van der Waals surface area contributed by atoms with Crippen molar-refractivity contribution in [3.05, 3.63) is 30.1 Å². The van der Waals surface area contributed by atoms with Gasteiger partial charge >= 0.3 is 5.97 Å².